The quantitative estimate of drug-likeness (QED) is 0.0427. The van der Waals surface area contributed by atoms with E-state index in [4.69, 9.17) is 40.9 Å². The lowest BCUT2D eigenvalue weighted by atomic mass is 10.0. The number of carbonyl (C=O) groups is 1. The lowest BCUT2D eigenvalue weighted by molar-refractivity contribution is -0.142. The zero-order chi connectivity index (χ0) is 50.1. The van der Waals surface area contributed by atoms with E-state index < -0.39 is 30.3 Å². The molecular formula is C49H102O10P4S4. The van der Waals surface area contributed by atoms with Crippen LogP contribution >= 0.6 is 75.8 Å². The Morgan fingerprint density at radius 2 is 0.746 bits per heavy atom. The van der Waals surface area contributed by atoms with Crippen LogP contribution in [0, 0.1) is 23.7 Å². The standard InChI is InChI=1S/C49H102O10P4S4/c1-15-24-28-45(19-5)34-52-60(53-35-46(20-6)29-25-16-2)65-38-42(12)58-63(67-40-44(14)57-62(56-41(10)11)64-33-32-49(50)51-23-9)59-43(13)39-66-61(54-36-47(21-7)30-26-17-3)55-37-48(22-8)31-27-18-4/h41-48H,15-40H2,1-14H3. The molecule has 0 saturated carbocycles. The van der Waals surface area contributed by atoms with Crippen molar-refractivity contribution in [3.63, 3.8) is 0 Å². The maximum Gasteiger partial charge on any atom is 0.306 e. The summed E-state index contributed by atoms with van der Waals surface area (Å²) in [5.41, 5.74) is 0. The van der Waals surface area contributed by atoms with Gasteiger partial charge in [-0.1, -0.05) is 178 Å². The topological polar surface area (TPSA) is 100 Å². The first-order valence-corrected chi connectivity index (χ1v) is 37.4. The van der Waals surface area contributed by atoms with Crippen LogP contribution in [0.15, 0.2) is 0 Å². The van der Waals surface area contributed by atoms with E-state index in [9.17, 15) is 4.79 Å². The number of hydrogen-bond donors (Lipinski definition) is 0. The van der Waals surface area contributed by atoms with E-state index in [1.165, 1.54) is 77.0 Å². The monoisotopic (exact) mass is 1100 g/mol. The minimum Gasteiger partial charge on any atom is -0.466 e. The van der Waals surface area contributed by atoms with E-state index in [1.54, 1.807) is 45.5 Å². The molecule has 8 unspecified atom stereocenters. The van der Waals surface area contributed by atoms with Crippen molar-refractivity contribution in [3.05, 3.63) is 0 Å². The molecule has 0 heterocycles. The van der Waals surface area contributed by atoms with Crippen LogP contribution in [0.2, 0.25) is 0 Å². The third-order valence-electron chi connectivity index (χ3n) is 11.0. The fourth-order valence-electron chi connectivity index (χ4n) is 6.29. The Morgan fingerprint density at radius 3 is 1.03 bits per heavy atom. The van der Waals surface area contributed by atoms with Crippen molar-refractivity contribution in [1.29, 1.82) is 0 Å². The predicted molar refractivity (Wildman–Crippen MR) is 304 cm³/mol. The third-order valence-corrected chi connectivity index (χ3v) is 24.4. The molecule has 0 aromatic carbocycles. The molecule has 0 fully saturated rings. The average Bonchev–Trinajstić information content (AvgIpc) is 3.30. The molecule has 0 radical (unpaired) electrons. The maximum atomic E-state index is 12.0. The van der Waals surface area contributed by atoms with Gasteiger partial charge < -0.3 is 40.9 Å². The molecule has 18 heteroatoms. The summed E-state index contributed by atoms with van der Waals surface area (Å²) in [4.78, 5) is 12.0. The summed E-state index contributed by atoms with van der Waals surface area (Å²) in [7, 11) is -4.86. The van der Waals surface area contributed by atoms with E-state index in [-0.39, 0.29) is 30.4 Å². The number of carbonyl (C=O) groups excluding carboxylic acids is 1. The summed E-state index contributed by atoms with van der Waals surface area (Å²) >= 11 is 6.77. The van der Waals surface area contributed by atoms with Crippen LogP contribution in [0.4, 0.5) is 0 Å². The second-order valence-corrected chi connectivity index (χ2v) is 30.7. The van der Waals surface area contributed by atoms with Gasteiger partial charge in [-0.3, -0.25) is 4.79 Å². The van der Waals surface area contributed by atoms with Crippen molar-refractivity contribution in [2.24, 2.45) is 23.7 Å². The second-order valence-electron chi connectivity index (χ2n) is 17.9. The van der Waals surface area contributed by atoms with E-state index in [0.29, 0.717) is 48.2 Å². The minimum atomic E-state index is -1.35. The molecule has 0 aliphatic rings. The van der Waals surface area contributed by atoms with E-state index in [2.05, 4.69) is 76.2 Å². The Bertz CT molecular complexity index is 1010. The van der Waals surface area contributed by atoms with Crippen LogP contribution in [0.25, 0.3) is 0 Å². The van der Waals surface area contributed by atoms with Crippen LogP contribution in [-0.2, 0) is 45.7 Å². The van der Waals surface area contributed by atoms with Crippen LogP contribution in [-0.4, -0.2) is 86.4 Å². The molecule has 8 atom stereocenters. The molecular weight excluding hydrogens is 1000 g/mol. The van der Waals surface area contributed by atoms with Crippen LogP contribution in [0.5, 0.6) is 0 Å². The fourth-order valence-corrected chi connectivity index (χ4v) is 19.7. The zero-order valence-corrected chi connectivity index (χ0v) is 51.9. The van der Waals surface area contributed by atoms with E-state index in [1.807, 2.05) is 20.8 Å². The molecule has 0 aromatic heterocycles. The van der Waals surface area contributed by atoms with E-state index >= 15 is 0 Å². The van der Waals surface area contributed by atoms with Crippen LogP contribution < -0.4 is 0 Å². The predicted octanol–water partition coefficient (Wildman–Crippen LogP) is 19.4. The number of hydrogen-bond acceptors (Lipinski definition) is 14. The number of unbranched alkanes of at least 4 members (excludes halogenated alkanes) is 4. The Morgan fingerprint density at radius 1 is 0.433 bits per heavy atom. The largest absolute Gasteiger partial charge is 0.466 e. The molecule has 0 rings (SSSR count). The van der Waals surface area contributed by atoms with Crippen molar-refractivity contribution < 1.29 is 45.7 Å². The van der Waals surface area contributed by atoms with Gasteiger partial charge in [0, 0.05) is 23.0 Å². The first-order valence-electron chi connectivity index (χ1n) is 26.4. The molecule has 0 aliphatic heterocycles. The van der Waals surface area contributed by atoms with Crippen LogP contribution in [0.3, 0.4) is 0 Å². The summed E-state index contributed by atoms with van der Waals surface area (Å²) in [6, 6.07) is 0. The van der Waals surface area contributed by atoms with Gasteiger partial charge in [-0.15, -0.1) is 0 Å². The maximum absolute atomic E-state index is 12.0. The Hall–Kier alpha value is 2.27. The molecule has 0 N–H and O–H groups in total. The molecule has 402 valence electrons. The second kappa shape index (κ2) is 47.9. The Kier molecular flexibility index (Phi) is 49.6. The average molecular weight is 1100 g/mol. The van der Waals surface area contributed by atoms with Crippen LogP contribution in [0.1, 0.15) is 206 Å². The first-order chi connectivity index (χ1) is 32.3. The van der Waals surface area contributed by atoms with Gasteiger partial charge in [-0.25, -0.2) is 0 Å². The van der Waals surface area contributed by atoms with Crippen molar-refractivity contribution in [2.45, 2.75) is 231 Å². The SMILES string of the molecule is CCCCC(CC)COP(OCC(CC)CCCC)SCC(C)OP(OC(C)CSP(OCC(CC)CCCC)OCC(CC)CCCC)SCC(C)OP(OC(C)C)SCCC(=O)OCC. The summed E-state index contributed by atoms with van der Waals surface area (Å²) in [5.74, 6) is 4.74. The number of rotatable bonds is 50. The highest BCUT2D eigenvalue weighted by Crippen LogP contribution is 2.60. The molecule has 0 aliphatic carbocycles. The molecule has 0 aromatic rings. The Balaban J connectivity index is 6.15. The summed E-state index contributed by atoms with van der Waals surface area (Å²) in [6.07, 6.45) is 19.0. The van der Waals surface area contributed by atoms with Gasteiger partial charge in [0.1, 0.15) is 0 Å². The van der Waals surface area contributed by atoms with Crippen molar-refractivity contribution in [2.75, 3.05) is 56.0 Å². The normalized spacial score (nSPS) is 17.1. The highest BCUT2D eigenvalue weighted by Gasteiger charge is 2.27. The van der Waals surface area contributed by atoms with Gasteiger partial charge in [-0.05, 0) is 90.9 Å². The molecule has 0 spiro atoms. The Labute approximate surface area is 435 Å². The minimum absolute atomic E-state index is 0.000209. The smallest absolute Gasteiger partial charge is 0.306 e. The van der Waals surface area contributed by atoms with Gasteiger partial charge in [0.25, 0.3) is 0 Å². The first kappa shape index (κ1) is 69.3. The van der Waals surface area contributed by atoms with Gasteiger partial charge in [0.05, 0.1) is 63.9 Å². The fraction of sp³-hybridized carbons (Fsp3) is 0.980. The van der Waals surface area contributed by atoms with Gasteiger partial charge >= 0.3 is 5.97 Å². The summed E-state index contributed by atoms with van der Waals surface area (Å²) in [5, 5.41) is 0. The summed E-state index contributed by atoms with van der Waals surface area (Å²) < 4.78 is 58.0. The highest BCUT2D eigenvalue weighted by molar-refractivity contribution is 8.54. The number of ether oxygens (including phenoxy) is 1. The van der Waals surface area contributed by atoms with Gasteiger partial charge in [0.2, 0.25) is 30.3 Å². The van der Waals surface area contributed by atoms with Crippen molar-refractivity contribution >= 4 is 81.8 Å². The molecule has 0 bridgehead atoms. The third kappa shape index (κ3) is 40.3. The lowest BCUT2D eigenvalue weighted by Gasteiger charge is -2.28. The van der Waals surface area contributed by atoms with Crippen molar-refractivity contribution in [3.8, 4) is 0 Å². The highest BCUT2D eigenvalue weighted by atomic mass is 32.7. The van der Waals surface area contributed by atoms with E-state index in [0.717, 1.165) is 63.6 Å². The zero-order valence-electron chi connectivity index (χ0n) is 45.0. The summed E-state index contributed by atoms with van der Waals surface area (Å²) in [6.45, 7) is 33.7. The van der Waals surface area contributed by atoms with Gasteiger partial charge in [-0.2, -0.15) is 0 Å². The number of esters is 1. The molecule has 0 amide bonds. The van der Waals surface area contributed by atoms with Gasteiger partial charge in [0.15, 0.2) is 0 Å². The van der Waals surface area contributed by atoms with Crippen molar-refractivity contribution in [1.82, 2.24) is 0 Å². The molecule has 0 saturated heterocycles. The lowest BCUT2D eigenvalue weighted by Crippen LogP contribution is -2.15. The molecule has 10 nitrogen and oxygen atoms in total. The molecule has 67 heavy (non-hydrogen) atoms.